The van der Waals surface area contributed by atoms with Crippen molar-refractivity contribution in [2.45, 2.75) is 20.4 Å². The van der Waals surface area contributed by atoms with Crippen LogP contribution in [0.4, 0.5) is 0 Å². The van der Waals surface area contributed by atoms with Crippen molar-refractivity contribution in [3.05, 3.63) is 68.6 Å². The first-order valence-electron chi connectivity index (χ1n) is 6.37. The van der Waals surface area contributed by atoms with E-state index in [1.54, 1.807) is 44.2 Å². The monoisotopic (exact) mass is 282 g/mol. The SMILES string of the molecule is Cc1cc(C)n(Cc2ccc(C#N)cc2)c(=O)c1C(=O)O. The lowest BCUT2D eigenvalue weighted by atomic mass is 10.1. The second-order valence-electron chi connectivity index (χ2n) is 4.85. The number of aromatic nitrogens is 1. The van der Waals surface area contributed by atoms with Gasteiger partial charge < -0.3 is 9.67 Å². The highest BCUT2D eigenvalue weighted by Crippen LogP contribution is 2.10. The fourth-order valence-corrected chi connectivity index (χ4v) is 2.25. The summed E-state index contributed by atoms with van der Waals surface area (Å²) in [6, 6.07) is 10.6. The summed E-state index contributed by atoms with van der Waals surface area (Å²) < 4.78 is 1.43. The number of carbonyl (C=O) groups is 1. The number of nitriles is 1. The van der Waals surface area contributed by atoms with Gasteiger partial charge in [0, 0.05) is 5.69 Å². The maximum Gasteiger partial charge on any atom is 0.341 e. The summed E-state index contributed by atoms with van der Waals surface area (Å²) >= 11 is 0. The van der Waals surface area contributed by atoms with Gasteiger partial charge in [-0.3, -0.25) is 4.79 Å². The molecular weight excluding hydrogens is 268 g/mol. The number of rotatable bonds is 3. The van der Waals surface area contributed by atoms with E-state index >= 15 is 0 Å². The van der Waals surface area contributed by atoms with Gasteiger partial charge in [0.1, 0.15) is 5.56 Å². The van der Waals surface area contributed by atoms with Crippen LogP contribution in [0.15, 0.2) is 35.1 Å². The minimum Gasteiger partial charge on any atom is -0.477 e. The van der Waals surface area contributed by atoms with E-state index < -0.39 is 11.5 Å². The Morgan fingerprint density at radius 1 is 1.29 bits per heavy atom. The van der Waals surface area contributed by atoms with Gasteiger partial charge in [0.2, 0.25) is 0 Å². The Bertz CT molecular complexity index is 796. The van der Waals surface area contributed by atoms with Gasteiger partial charge in [0.15, 0.2) is 0 Å². The van der Waals surface area contributed by atoms with E-state index in [1.165, 1.54) is 4.57 Å². The molecule has 2 aromatic rings. The van der Waals surface area contributed by atoms with Crippen LogP contribution in [0.5, 0.6) is 0 Å². The highest BCUT2D eigenvalue weighted by molar-refractivity contribution is 5.88. The summed E-state index contributed by atoms with van der Waals surface area (Å²) in [6.45, 7) is 3.66. The van der Waals surface area contributed by atoms with Gasteiger partial charge in [0.25, 0.3) is 5.56 Å². The van der Waals surface area contributed by atoms with Gasteiger partial charge in [0.05, 0.1) is 18.2 Å². The second-order valence-corrected chi connectivity index (χ2v) is 4.85. The third-order valence-corrected chi connectivity index (χ3v) is 3.34. The Balaban J connectivity index is 2.49. The Labute approximate surface area is 121 Å². The molecule has 0 aliphatic heterocycles. The molecule has 2 rings (SSSR count). The summed E-state index contributed by atoms with van der Waals surface area (Å²) in [7, 11) is 0. The maximum atomic E-state index is 12.3. The molecule has 5 heteroatoms. The van der Waals surface area contributed by atoms with Gasteiger partial charge in [-0.25, -0.2) is 4.79 Å². The van der Waals surface area contributed by atoms with E-state index in [-0.39, 0.29) is 12.1 Å². The summed E-state index contributed by atoms with van der Waals surface area (Å²) in [4.78, 5) is 23.5. The van der Waals surface area contributed by atoms with Crippen molar-refractivity contribution in [3.63, 3.8) is 0 Å². The van der Waals surface area contributed by atoms with Crippen molar-refractivity contribution < 1.29 is 9.90 Å². The van der Waals surface area contributed by atoms with Crippen LogP contribution >= 0.6 is 0 Å². The van der Waals surface area contributed by atoms with Crippen molar-refractivity contribution in [1.29, 1.82) is 5.26 Å². The van der Waals surface area contributed by atoms with Crippen LogP contribution in [-0.4, -0.2) is 15.6 Å². The second kappa shape index (κ2) is 5.63. The van der Waals surface area contributed by atoms with Crippen LogP contribution in [0.3, 0.4) is 0 Å². The summed E-state index contributed by atoms with van der Waals surface area (Å²) in [5.74, 6) is -1.22. The van der Waals surface area contributed by atoms with Gasteiger partial charge in [-0.05, 0) is 43.2 Å². The molecule has 1 aromatic heterocycles. The number of nitrogens with zero attached hydrogens (tertiary/aromatic N) is 2. The Morgan fingerprint density at radius 2 is 1.90 bits per heavy atom. The zero-order valence-electron chi connectivity index (χ0n) is 11.8. The van der Waals surface area contributed by atoms with Crippen LogP contribution in [0.1, 0.15) is 32.7 Å². The van der Waals surface area contributed by atoms with Crippen LogP contribution in [0.2, 0.25) is 0 Å². The number of carboxylic acids is 1. The Kier molecular flexibility index (Phi) is 3.90. The lowest BCUT2D eigenvalue weighted by molar-refractivity contribution is 0.0693. The third-order valence-electron chi connectivity index (χ3n) is 3.34. The molecule has 0 saturated carbocycles. The van der Waals surface area contributed by atoms with E-state index in [0.717, 1.165) is 5.56 Å². The van der Waals surface area contributed by atoms with Gasteiger partial charge in [-0.15, -0.1) is 0 Å². The molecule has 1 heterocycles. The molecule has 0 saturated heterocycles. The minimum absolute atomic E-state index is 0.200. The molecule has 21 heavy (non-hydrogen) atoms. The molecule has 0 aliphatic carbocycles. The molecule has 1 aromatic carbocycles. The van der Waals surface area contributed by atoms with Crippen LogP contribution in [-0.2, 0) is 6.54 Å². The Hall–Kier alpha value is -2.87. The van der Waals surface area contributed by atoms with E-state index in [0.29, 0.717) is 16.8 Å². The standard InChI is InChI=1S/C16H14N2O3/c1-10-7-11(2)18(15(19)14(10)16(20)21)9-13-5-3-12(8-17)4-6-13/h3-7H,9H2,1-2H3,(H,20,21). The molecule has 0 spiro atoms. The zero-order valence-corrected chi connectivity index (χ0v) is 11.8. The number of carboxylic acid groups (broad SMARTS) is 1. The highest BCUT2D eigenvalue weighted by Gasteiger charge is 2.16. The number of hydrogen-bond donors (Lipinski definition) is 1. The van der Waals surface area contributed by atoms with Gasteiger partial charge >= 0.3 is 5.97 Å². The predicted octanol–water partition coefficient (Wildman–Crippen LogP) is 2.08. The van der Waals surface area contributed by atoms with Crippen molar-refractivity contribution in [2.24, 2.45) is 0 Å². The van der Waals surface area contributed by atoms with Crippen LogP contribution < -0.4 is 5.56 Å². The summed E-state index contributed by atoms with van der Waals surface area (Å²) in [6.07, 6.45) is 0. The number of aryl methyl sites for hydroxylation is 2. The Morgan fingerprint density at radius 3 is 2.43 bits per heavy atom. The van der Waals surface area contributed by atoms with Crippen molar-refractivity contribution in [1.82, 2.24) is 4.57 Å². The van der Waals surface area contributed by atoms with Crippen molar-refractivity contribution in [3.8, 4) is 6.07 Å². The molecule has 0 radical (unpaired) electrons. The normalized spacial score (nSPS) is 10.1. The molecular formula is C16H14N2O3. The van der Waals surface area contributed by atoms with Crippen molar-refractivity contribution >= 4 is 5.97 Å². The first-order valence-corrected chi connectivity index (χ1v) is 6.37. The van der Waals surface area contributed by atoms with E-state index in [2.05, 4.69) is 0 Å². The van der Waals surface area contributed by atoms with Crippen LogP contribution in [0, 0.1) is 25.2 Å². The molecule has 0 fully saturated rings. The zero-order chi connectivity index (χ0) is 15.6. The largest absolute Gasteiger partial charge is 0.477 e. The molecule has 0 atom stereocenters. The number of hydrogen-bond acceptors (Lipinski definition) is 3. The number of aromatic carboxylic acids is 1. The van der Waals surface area contributed by atoms with E-state index in [9.17, 15) is 9.59 Å². The fraction of sp³-hybridized carbons (Fsp3) is 0.188. The number of benzene rings is 1. The first kappa shape index (κ1) is 14.5. The predicted molar refractivity (Wildman–Crippen MR) is 77.4 cm³/mol. The maximum absolute atomic E-state index is 12.3. The molecule has 0 bridgehead atoms. The molecule has 0 unspecified atom stereocenters. The van der Waals surface area contributed by atoms with Gasteiger partial charge in [-0.2, -0.15) is 5.26 Å². The summed E-state index contributed by atoms with van der Waals surface area (Å²) in [5.41, 5.74) is 1.82. The van der Waals surface area contributed by atoms with E-state index in [4.69, 9.17) is 10.4 Å². The molecule has 5 nitrogen and oxygen atoms in total. The molecule has 0 amide bonds. The highest BCUT2D eigenvalue weighted by atomic mass is 16.4. The average molecular weight is 282 g/mol. The smallest absolute Gasteiger partial charge is 0.341 e. The number of pyridine rings is 1. The topological polar surface area (TPSA) is 83.1 Å². The first-order chi connectivity index (χ1) is 9.93. The van der Waals surface area contributed by atoms with Gasteiger partial charge in [-0.1, -0.05) is 12.1 Å². The fourth-order valence-electron chi connectivity index (χ4n) is 2.25. The summed E-state index contributed by atoms with van der Waals surface area (Å²) in [5, 5.41) is 17.9. The van der Waals surface area contributed by atoms with E-state index in [1.807, 2.05) is 6.07 Å². The lowest BCUT2D eigenvalue weighted by Gasteiger charge is -2.13. The van der Waals surface area contributed by atoms with Crippen molar-refractivity contribution in [2.75, 3.05) is 0 Å². The molecule has 1 N–H and O–H groups in total. The lowest BCUT2D eigenvalue weighted by Crippen LogP contribution is -2.29. The average Bonchev–Trinajstić information content (AvgIpc) is 2.43. The third kappa shape index (κ3) is 2.84. The minimum atomic E-state index is -1.22. The molecule has 106 valence electrons. The van der Waals surface area contributed by atoms with Crippen LogP contribution in [0.25, 0.3) is 0 Å². The molecule has 0 aliphatic rings. The quantitative estimate of drug-likeness (QED) is 0.934.